The molecule has 0 saturated carbocycles. The molecule has 0 unspecified atom stereocenters. The average Bonchev–Trinajstić information content (AvgIpc) is 2.17. The molecule has 1 aromatic rings. The first-order chi connectivity index (χ1) is 5.90. The lowest BCUT2D eigenvalue weighted by molar-refractivity contribution is 0.253. The Hall–Kier alpha value is -1.49. The number of nitrogens with zero attached hydrogens (tertiary/aromatic N) is 1. The minimum atomic E-state index is 0.0277. The van der Waals surface area contributed by atoms with Crippen LogP contribution in [0, 0.1) is 17.2 Å². The van der Waals surface area contributed by atoms with Gasteiger partial charge in [0, 0.05) is 0 Å². The SMILES string of the molecule is N#C[C@@H]1COc2ccccc2C1. The number of hydrogen-bond donors (Lipinski definition) is 0. The van der Waals surface area contributed by atoms with Crippen molar-refractivity contribution in [1.29, 1.82) is 5.26 Å². The zero-order valence-electron chi connectivity index (χ0n) is 6.66. The molecule has 60 valence electrons. The number of ether oxygens (including phenoxy) is 1. The maximum absolute atomic E-state index is 8.69. The molecule has 2 nitrogen and oxygen atoms in total. The van der Waals surface area contributed by atoms with Crippen LogP contribution in [0.25, 0.3) is 0 Å². The van der Waals surface area contributed by atoms with Crippen LogP contribution in [-0.2, 0) is 6.42 Å². The molecule has 1 heterocycles. The summed E-state index contributed by atoms with van der Waals surface area (Å²) in [6, 6.07) is 10.1. The number of para-hydroxylation sites is 1. The van der Waals surface area contributed by atoms with E-state index in [9.17, 15) is 0 Å². The molecule has 0 spiro atoms. The van der Waals surface area contributed by atoms with Gasteiger partial charge in [-0.05, 0) is 18.1 Å². The summed E-state index contributed by atoms with van der Waals surface area (Å²) in [5, 5.41) is 8.69. The van der Waals surface area contributed by atoms with E-state index in [-0.39, 0.29) is 5.92 Å². The van der Waals surface area contributed by atoms with Gasteiger partial charge in [0.05, 0.1) is 12.0 Å². The van der Waals surface area contributed by atoms with Crippen molar-refractivity contribution in [3.8, 4) is 11.8 Å². The molecule has 2 heteroatoms. The molecule has 1 aliphatic rings. The molecule has 0 radical (unpaired) electrons. The van der Waals surface area contributed by atoms with Gasteiger partial charge in [0.1, 0.15) is 12.4 Å². The second-order valence-corrected chi connectivity index (χ2v) is 2.95. The standard InChI is InChI=1S/C10H9NO/c11-6-8-5-9-3-1-2-4-10(9)12-7-8/h1-4,8H,5,7H2/t8-/m1/s1. The Morgan fingerprint density at radius 1 is 1.42 bits per heavy atom. The van der Waals surface area contributed by atoms with Gasteiger partial charge in [-0.15, -0.1) is 0 Å². The third kappa shape index (κ3) is 1.14. The van der Waals surface area contributed by atoms with E-state index in [1.54, 1.807) is 0 Å². The zero-order chi connectivity index (χ0) is 8.39. The second-order valence-electron chi connectivity index (χ2n) is 2.95. The highest BCUT2D eigenvalue weighted by Gasteiger charge is 2.18. The van der Waals surface area contributed by atoms with Crippen molar-refractivity contribution < 1.29 is 4.74 Å². The van der Waals surface area contributed by atoms with E-state index in [2.05, 4.69) is 6.07 Å². The zero-order valence-corrected chi connectivity index (χ0v) is 6.66. The predicted octanol–water partition coefficient (Wildman–Crippen LogP) is 1.76. The average molecular weight is 159 g/mol. The summed E-state index contributed by atoms with van der Waals surface area (Å²) >= 11 is 0. The molecule has 0 aliphatic carbocycles. The van der Waals surface area contributed by atoms with E-state index in [1.807, 2.05) is 24.3 Å². The van der Waals surface area contributed by atoms with Crippen molar-refractivity contribution in [2.45, 2.75) is 6.42 Å². The van der Waals surface area contributed by atoms with Crippen LogP contribution in [0.3, 0.4) is 0 Å². The molecule has 1 aliphatic heterocycles. The maximum atomic E-state index is 8.69. The molecule has 0 fully saturated rings. The van der Waals surface area contributed by atoms with Gasteiger partial charge in [0.2, 0.25) is 0 Å². The van der Waals surface area contributed by atoms with Gasteiger partial charge in [-0.25, -0.2) is 0 Å². The van der Waals surface area contributed by atoms with Crippen molar-refractivity contribution in [2.24, 2.45) is 5.92 Å². The van der Waals surface area contributed by atoms with Crippen LogP contribution in [0.4, 0.5) is 0 Å². The van der Waals surface area contributed by atoms with Gasteiger partial charge in [-0.2, -0.15) is 5.26 Å². The Balaban J connectivity index is 2.30. The summed E-state index contributed by atoms with van der Waals surface area (Å²) in [5.41, 5.74) is 1.15. The molecule has 12 heavy (non-hydrogen) atoms. The van der Waals surface area contributed by atoms with Gasteiger partial charge in [0.25, 0.3) is 0 Å². The fourth-order valence-corrected chi connectivity index (χ4v) is 1.41. The number of rotatable bonds is 0. The Morgan fingerprint density at radius 3 is 3.08 bits per heavy atom. The van der Waals surface area contributed by atoms with Gasteiger partial charge >= 0.3 is 0 Å². The fraction of sp³-hybridized carbons (Fsp3) is 0.300. The molecule has 1 atom stereocenters. The van der Waals surface area contributed by atoms with E-state index < -0.39 is 0 Å². The van der Waals surface area contributed by atoms with Crippen LogP contribution in [0.1, 0.15) is 5.56 Å². The van der Waals surface area contributed by atoms with Crippen molar-refractivity contribution in [3.63, 3.8) is 0 Å². The first-order valence-electron chi connectivity index (χ1n) is 4.00. The molecule has 0 aromatic heterocycles. The van der Waals surface area contributed by atoms with E-state index in [1.165, 1.54) is 0 Å². The summed E-state index contributed by atoms with van der Waals surface area (Å²) in [6.07, 6.45) is 0.826. The largest absolute Gasteiger partial charge is 0.492 e. The topological polar surface area (TPSA) is 33.0 Å². The Morgan fingerprint density at radius 2 is 2.25 bits per heavy atom. The molecular weight excluding hydrogens is 150 g/mol. The van der Waals surface area contributed by atoms with Gasteiger partial charge in [-0.1, -0.05) is 18.2 Å². The van der Waals surface area contributed by atoms with Crippen LogP contribution in [0.15, 0.2) is 24.3 Å². The lowest BCUT2D eigenvalue weighted by Gasteiger charge is -2.20. The number of nitriles is 1. The first-order valence-corrected chi connectivity index (χ1v) is 4.00. The first kappa shape index (κ1) is 7.17. The number of hydrogen-bond acceptors (Lipinski definition) is 2. The molecular formula is C10H9NO. The van der Waals surface area contributed by atoms with E-state index in [0.29, 0.717) is 6.61 Å². The lowest BCUT2D eigenvalue weighted by Crippen LogP contribution is -2.18. The normalized spacial score (nSPS) is 20.4. The molecule has 0 bridgehead atoms. The van der Waals surface area contributed by atoms with Crippen LogP contribution in [-0.4, -0.2) is 6.61 Å². The minimum Gasteiger partial charge on any atom is -0.492 e. The van der Waals surface area contributed by atoms with Gasteiger partial charge < -0.3 is 4.74 Å². The molecule has 2 rings (SSSR count). The van der Waals surface area contributed by atoms with Crippen molar-refractivity contribution >= 4 is 0 Å². The monoisotopic (exact) mass is 159 g/mol. The lowest BCUT2D eigenvalue weighted by atomic mass is 9.98. The van der Waals surface area contributed by atoms with Crippen LogP contribution in [0.2, 0.25) is 0 Å². The van der Waals surface area contributed by atoms with Crippen molar-refractivity contribution in [1.82, 2.24) is 0 Å². The van der Waals surface area contributed by atoms with E-state index in [0.717, 1.165) is 17.7 Å². The summed E-state index contributed by atoms with van der Waals surface area (Å²) in [4.78, 5) is 0. The minimum absolute atomic E-state index is 0.0277. The highest BCUT2D eigenvalue weighted by Crippen LogP contribution is 2.26. The third-order valence-corrected chi connectivity index (χ3v) is 2.06. The maximum Gasteiger partial charge on any atom is 0.122 e. The molecule has 0 saturated heterocycles. The van der Waals surface area contributed by atoms with Crippen molar-refractivity contribution in [3.05, 3.63) is 29.8 Å². The third-order valence-electron chi connectivity index (χ3n) is 2.06. The number of fused-ring (bicyclic) bond motifs is 1. The summed E-state index contributed by atoms with van der Waals surface area (Å²) < 4.78 is 5.40. The quantitative estimate of drug-likeness (QED) is 0.577. The second kappa shape index (κ2) is 2.86. The van der Waals surface area contributed by atoms with Crippen LogP contribution < -0.4 is 4.74 Å². The van der Waals surface area contributed by atoms with E-state index >= 15 is 0 Å². The predicted molar refractivity (Wildman–Crippen MR) is 44.7 cm³/mol. The summed E-state index contributed by atoms with van der Waals surface area (Å²) in [6.45, 7) is 0.535. The van der Waals surface area contributed by atoms with Gasteiger partial charge in [0.15, 0.2) is 0 Å². The van der Waals surface area contributed by atoms with Crippen LogP contribution in [0.5, 0.6) is 5.75 Å². The summed E-state index contributed by atoms with van der Waals surface area (Å²) in [5.74, 6) is 0.962. The Bertz CT molecular complexity index is 327. The highest BCUT2D eigenvalue weighted by atomic mass is 16.5. The van der Waals surface area contributed by atoms with Gasteiger partial charge in [-0.3, -0.25) is 0 Å². The smallest absolute Gasteiger partial charge is 0.122 e. The Kier molecular flexibility index (Phi) is 1.71. The highest BCUT2D eigenvalue weighted by molar-refractivity contribution is 5.35. The fourth-order valence-electron chi connectivity index (χ4n) is 1.41. The molecule has 0 N–H and O–H groups in total. The Labute approximate surface area is 71.4 Å². The summed E-state index contributed by atoms with van der Waals surface area (Å²) in [7, 11) is 0. The molecule has 1 aromatic carbocycles. The van der Waals surface area contributed by atoms with E-state index in [4.69, 9.17) is 10.00 Å². The van der Waals surface area contributed by atoms with Crippen molar-refractivity contribution in [2.75, 3.05) is 6.61 Å². The molecule has 0 amide bonds. The number of benzene rings is 1. The van der Waals surface area contributed by atoms with Crippen LogP contribution >= 0.6 is 0 Å².